The summed E-state index contributed by atoms with van der Waals surface area (Å²) in [4.78, 5) is 24.4. The van der Waals surface area contributed by atoms with Crippen LogP contribution in [0, 0.1) is 0 Å². The second-order valence-corrected chi connectivity index (χ2v) is 8.56. The smallest absolute Gasteiger partial charge is 0.388 e. The number of Topliss-reactive ketones (excluding diaryl/α,β-unsaturated/α-hetero) is 1. The lowest BCUT2D eigenvalue weighted by Gasteiger charge is -2.37. The normalized spacial score (nSPS) is 14.4. The van der Waals surface area contributed by atoms with Crippen molar-refractivity contribution >= 4 is 17.3 Å². The van der Waals surface area contributed by atoms with Crippen LogP contribution in [-0.2, 0) is 9.47 Å². The number of benzene rings is 2. The molecule has 0 aromatic heterocycles. The number of ketones is 2. The molecule has 1 N–H and O–H groups in total. The first kappa shape index (κ1) is 37.5. The molecule has 45 heavy (non-hydrogen) atoms. The average molecular weight is 689 g/mol. The Kier molecular flexibility index (Phi) is 9.66. The third-order valence-corrected chi connectivity index (χ3v) is 5.46. The SMILES string of the molecule is CNc1ccc(C(=O)c2ccc(C(=O)C(F)(F)C(F)(F)OC(F)(F)C(F)(F)C(F)(F)OC(F)(F)C(F)(F)C(F)(F)F)cc2)cc1. The summed E-state index contributed by atoms with van der Waals surface area (Å²) in [5, 5.41) is 2.71. The molecule has 252 valence electrons. The van der Waals surface area contributed by atoms with Crippen LogP contribution >= 0.6 is 0 Å². The number of ether oxygens (including phenoxy) is 2. The molecular weight excluding hydrogens is 677 g/mol. The first-order chi connectivity index (χ1) is 20.0. The van der Waals surface area contributed by atoms with Gasteiger partial charge in [-0.3, -0.25) is 9.59 Å². The van der Waals surface area contributed by atoms with Gasteiger partial charge in [0.2, 0.25) is 5.78 Å². The monoisotopic (exact) mass is 689 g/mol. The number of anilines is 1. The largest absolute Gasteiger partial charge is 0.462 e. The third kappa shape index (κ3) is 6.79. The van der Waals surface area contributed by atoms with Crippen LogP contribution in [0.15, 0.2) is 48.5 Å². The molecule has 0 heterocycles. The molecule has 0 aliphatic carbocycles. The van der Waals surface area contributed by atoms with Crippen LogP contribution in [0.2, 0.25) is 0 Å². The maximum atomic E-state index is 14.2. The minimum absolute atomic E-state index is 0.0258. The predicted molar refractivity (Wildman–Crippen MR) is 113 cm³/mol. The molecule has 0 bridgehead atoms. The molecule has 2 aromatic carbocycles. The zero-order valence-electron chi connectivity index (χ0n) is 21.2. The van der Waals surface area contributed by atoms with Gasteiger partial charge in [0.15, 0.2) is 5.78 Å². The van der Waals surface area contributed by atoms with E-state index in [9.17, 15) is 84.2 Å². The summed E-state index contributed by atoms with van der Waals surface area (Å²) in [6.45, 7) is 0. The number of carbonyl (C=O) groups excluding carboxylic acids is 2. The van der Waals surface area contributed by atoms with Crippen molar-refractivity contribution in [1.29, 1.82) is 0 Å². The van der Waals surface area contributed by atoms with E-state index >= 15 is 0 Å². The van der Waals surface area contributed by atoms with Crippen molar-refractivity contribution in [2.45, 2.75) is 48.4 Å². The number of halogens is 17. The molecule has 0 spiro atoms. The van der Waals surface area contributed by atoms with Crippen molar-refractivity contribution in [3.63, 3.8) is 0 Å². The molecule has 0 atom stereocenters. The molecule has 5 nitrogen and oxygen atoms in total. The number of hydrogen-bond donors (Lipinski definition) is 1. The lowest BCUT2D eigenvalue weighted by Crippen LogP contribution is -2.64. The average Bonchev–Trinajstić information content (AvgIpc) is 2.90. The Morgan fingerprint density at radius 1 is 0.511 bits per heavy atom. The van der Waals surface area contributed by atoms with Gasteiger partial charge in [-0.1, -0.05) is 24.3 Å². The fourth-order valence-electron chi connectivity index (χ4n) is 2.95. The van der Waals surface area contributed by atoms with Gasteiger partial charge in [0.05, 0.1) is 0 Å². The van der Waals surface area contributed by atoms with Crippen LogP contribution < -0.4 is 5.32 Å². The van der Waals surface area contributed by atoms with Crippen LogP contribution in [0.1, 0.15) is 26.3 Å². The van der Waals surface area contributed by atoms with Gasteiger partial charge < -0.3 is 5.32 Å². The molecule has 22 heteroatoms. The van der Waals surface area contributed by atoms with Crippen molar-refractivity contribution < 1.29 is 93.7 Å². The molecule has 0 saturated heterocycles. The van der Waals surface area contributed by atoms with Crippen LogP contribution in [0.4, 0.5) is 80.3 Å². The van der Waals surface area contributed by atoms with Gasteiger partial charge in [-0.05, 0) is 24.3 Å². The van der Waals surface area contributed by atoms with Crippen molar-refractivity contribution in [1.82, 2.24) is 0 Å². The molecule has 2 rings (SSSR count). The number of alkyl halides is 17. The van der Waals surface area contributed by atoms with E-state index in [1.54, 1.807) is 4.74 Å². The molecule has 0 aliphatic rings. The second-order valence-electron chi connectivity index (χ2n) is 8.56. The Morgan fingerprint density at radius 2 is 0.844 bits per heavy atom. The first-order valence-electron chi connectivity index (χ1n) is 11.1. The first-order valence-corrected chi connectivity index (χ1v) is 11.1. The molecule has 0 aliphatic heterocycles. The minimum atomic E-state index is -8.12. The summed E-state index contributed by atoms with van der Waals surface area (Å²) in [5.41, 5.74) is -1.42. The van der Waals surface area contributed by atoms with Gasteiger partial charge in [-0.25, -0.2) is 9.47 Å². The molecule has 0 radical (unpaired) electrons. The lowest BCUT2D eigenvalue weighted by molar-refractivity contribution is -0.540. The summed E-state index contributed by atoms with van der Waals surface area (Å²) in [5.74, 6) is -26.7. The van der Waals surface area contributed by atoms with Gasteiger partial charge in [0.25, 0.3) is 0 Å². The van der Waals surface area contributed by atoms with Crippen LogP contribution in [0.3, 0.4) is 0 Å². The van der Waals surface area contributed by atoms with Crippen LogP contribution in [0.5, 0.6) is 0 Å². The molecule has 2 aromatic rings. The minimum Gasteiger partial charge on any atom is -0.388 e. The zero-order chi connectivity index (χ0) is 35.2. The van der Waals surface area contributed by atoms with E-state index in [0.29, 0.717) is 17.8 Å². The van der Waals surface area contributed by atoms with Gasteiger partial charge in [0, 0.05) is 29.4 Å². The molecule has 0 amide bonds. The molecule has 0 saturated carbocycles. The van der Waals surface area contributed by atoms with E-state index in [4.69, 9.17) is 0 Å². The number of rotatable bonds is 13. The van der Waals surface area contributed by atoms with E-state index in [-0.39, 0.29) is 23.3 Å². The summed E-state index contributed by atoms with van der Waals surface area (Å²) >= 11 is 0. The van der Waals surface area contributed by atoms with E-state index in [1.807, 2.05) is 0 Å². The maximum absolute atomic E-state index is 14.2. The molecule has 0 unspecified atom stereocenters. The van der Waals surface area contributed by atoms with E-state index in [0.717, 1.165) is 0 Å². The summed E-state index contributed by atoms with van der Waals surface area (Å²) in [6.07, 6.45) is -38.4. The maximum Gasteiger partial charge on any atom is 0.462 e. The molecule has 0 fully saturated rings. The Hall–Kier alpha value is -3.69. The van der Waals surface area contributed by atoms with Crippen molar-refractivity contribution in [3.05, 3.63) is 65.2 Å². The van der Waals surface area contributed by atoms with Crippen LogP contribution in [-0.4, -0.2) is 67.0 Å². The highest BCUT2D eigenvalue weighted by Crippen LogP contribution is 2.55. The van der Waals surface area contributed by atoms with Crippen molar-refractivity contribution in [2.75, 3.05) is 12.4 Å². The Bertz CT molecular complexity index is 1390. The fourth-order valence-corrected chi connectivity index (χ4v) is 2.95. The van der Waals surface area contributed by atoms with E-state index < -0.39 is 65.5 Å². The van der Waals surface area contributed by atoms with Gasteiger partial charge in [-0.15, -0.1) is 0 Å². The second kappa shape index (κ2) is 11.6. The zero-order valence-corrected chi connectivity index (χ0v) is 21.2. The highest BCUT2D eigenvalue weighted by molar-refractivity contribution is 6.10. The van der Waals surface area contributed by atoms with Crippen LogP contribution in [0.25, 0.3) is 0 Å². The number of hydrogen-bond acceptors (Lipinski definition) is 5. The number of nitrogens with one attached hydrogen (secondary N) is 1. The lowest BCUT2D eigenvalue weighted by atomic mass is 9.99. The van der Waals surface area contributed by atoms with Crippen molar-refractivity contribution in [2.24, 2.45) is 0 Å². The van der Waals surface area contributed by atoms with E-state index in [1.165, 1.54) is 36.1 Å². The fraction of sp³-hybridized carbons (Fsp3) is 0.391. The van der Waals surface area contributed by atoms with Gasteiger partial charge in [-0.2, -0.15) is 74.6 Å². The third-order valence-electron chi connectivity index (χ3n) is 5.46. The highest BCUT2D eigenvalue weighted by Gasteiger charge is 2.84. The van der Waals surface area contributed by atoms with E-state index in [2.05, 4.69) is 5.32 Å². The summed E-state index contributed by atoms with van der Waals surface area (Å²) in [6, 6.07) is 7.00. The Labute approximate surface area is 237 Å². The summed E-state index contributed by atoms with van der Waals surface area (Å²) < 4.78 is 228. The number of carbonyl (C=O) groups is 2. The topological polar surface area (TPSA) is 64.6 Å². The van der Waals surface area contributed by atoms with Gasteiger partial charge in [0.1, 0.15) is 0 Å². The summed E-state index contributed by atoms with van der Waals surface area (Å²) in [7, 11) is 1.53. The van der Waals surface area contributed by atoms with Crippen molar-refractivity contribution in [3.8, 4) is 0 Å². The predicted octanol–water partition coefficient (Wildman–Crippen LogP) is 8.01. The Morgan fingerprint density at radius 3 is 1.22 bits per heavy atom. The Balaban J connectivity index is 2.33. The van der Waals surface area contributed by atoms with Gasteiger partial charge >= 0.3 is 48.4 Å². The quantitative estimate of drug-likeness (QED) is 0.171. The highest BCUT2D eigenvalue weighted by atomic mass is 19.4. The standard InChI is InChI=1S/C23H12F17NO4/c1-41-13-8-6-11(7-9-13)14(42)10-2-4-12(5-3-10)15(43)16(24,25)20(33,34)44-22(37,38)18(28,29)23(39,40)45-21(35,36)17(26,27)19(30,31)32/h2-9,41H,1H3. The molecular formula is C23H12F17NO4.